The van der Waals surface area contributed by atoms with Crippen molar-refractivity contribution in [3.63, 3.8) is 0 Å². The zero-order chi connectivity index (χ0) is 13.8. The molecule has 2 nitrogen and oxygen atoms in total. The van der Waals surface area contributed by atoms with Gasteiger partial charge in [-0.05, 0) is 37.1 Å². The van der Waals surface area contributed by atoms with E-state index >= 15 is 0 Å². The highest BCUT2D eigenvalue weighted by Gasteiger charge is 2.10. The zero-order valence-electron chi connectivity index (χ0n) is 11.0. The number of hydrogen-bond acceptors (Lipinski definition) is 1. The standard InChI is InChI=1S/C16H16FNO/c1-11-7-8-13(12(2)9-11)10-18-16(19)14-5-3-4-6-15(14)17/h3-9H,10H2,1-2H3,(H,18,19). The van der Waals surface area contributed by atoms with Crippen molar-refractivity contribution in [2.45, 2.75) is 20.4 Å². The Hall–Kier alpha value is -2.16. The van der Waals surface area contributed by atoms with Crippen molar-refractivity contribution in [2.24, 2.45) is 0 Å². The number of hydrogen-bond donors (Lipinski definition) is 1. The molecule has 98 valence electrons. The van der Waals surface area contributed by atoms with Gasteiger partial charge in [0, 0.05) is 6.54 Å². The third-order valence-electron chi connectivity index (χ3n) is 3.06. The molecule has 0 spiro atoms. The van der Waals surface area contributed by atoms with E-state index in [0.717, 1.165) is 11.1 Å². The molecule has 0 aliphatic rings. The fourth-order valence-electron chi connectivity index (χ4n) is 1.96. The molecule has 2 aromatic carbocycles. The van der Waals surface area contributed by atoms with Crippen LogP contribution < -0.4 is 5.32 Å². The van der Waals surface area contributed by atoms with Crippen LogP contribution in [0.3, 0.4) is 0 Å². The van der Waals surface area contributed by atoms with E-state index in [4.69, 9.17) is 0 Å². The second-order valence-electron chi connectivity index (χ2n) is 4.59. The van der Waals surface area contributed by atoms with Crippen LogP contribution in [0.4, 0.5) is 4.39 Å². The number of carbonyl (C=O) groups is 1. The van der Waals surface area contributed by atoms with Gasteiger partial charge in [0.1, 0.15) is 5.82 Å². The van der Waals surface area contributed by atoms with Gasteiger partial charge in [-0.3, -0.25) is 4.79 Å². The summed E-state index contributed by atoms with van der Waals surface area (Å²) in [6, 6.07) is 12.0. The number of aryl methyl sites for hydroxylation is 2. The molecule has 0 heterocycles. The molecule has 1 amide bonds. The van der Waals surface area contributed by atoms with E-state index < -0.39 is 11.7 Å². The predicted molar refractivity (Wildman–Crippen MR) is 73.5 cm³/mol. The molecule has 0 aromatic heterocycles. The number of amides is 1. The van der Waals surface area contributed by atoms with Crippen LogP contribution in [0.25, 0.3) is 0 Å². The van der Waals surface area contributed by atoms with E-state index in [-0.39, 0.29) is 5.56 Å². The largest absolute Gasteiger partial charge is 0.348 e. The number of benzene rings is 2. The van der Waals surface area contributed by atoms with Crippen molar-refractivity contribution < 1.29 is 9.18 Å². The highest BCUT2D eigenvalue weighted by molar-refractivity contribution is 5.94. The minimum Gasteiger partial charge on any atom is -0.348 e. The minimum atomic E-state index is -0.499. The van der Waals surface area contributed by atoms with E-state index in [1.165, 1.54) is 17.7 Å². The van der Waals surface area contributed by atoms with Crippen molar-refractivity contribution in [2.75, 3.05) is 0 Å². The molecule has 1 N–H and O–H groups in total. The van der Waals surface area contributed by atoms with Crippen LogP contribution in [-0.2, 0) is 6.54 Å². The van der Waals surface area contributed by atoms with Gasteiger partial charge in [-0.1, -0.05) is 35.9 Å². The summed E-state index contributed by atoms with van der Waals surface area (Å²) in [6.07, 6.45) is 0. The molecular weight excluding hydrogens is 241 g/mol. The van der Waals surface area contributed by atoms with Gasteiger partial charge in [0.15, 0.2) is 0 Å². The van der Waals surface area contributed by atoms with Crippen molar-refractivity contribution in [3.05, 3.63) is 70.5 Å². The third kappa shape index (κ3) is 3.19. The predicted octanol–water partition coefficient (Wildman–Crippen LogP) is 3.37. The van der Waals surface area contributed by atoms with Crippen LogP contribution in [0.15, 0.2) is 42.5 Å². The van der Waals surface area contributed by atoms with Crippen molar-refractivity contribution in [1.29, 1.82) is 0 Å². The second kappa shape index (κ2) is 5.65. The number of rotatable bonds is 3. The summed E-state index contributed by atoms with van der Waals surface area (Å²) in [5.74, 6) is -0.890. The zero-order valence-corrected chi connectivity index (χ0v) is 11.0. The Morgan fingerprint density at radius 1 is 1.16 bits per heavy atom. The fourth-order valence-corrected chi connectivity index (χ4v) is 1.96. The molecule has 0 atom stereocenters. The average molecular weight is 257 g/mol. The smallest absolute Gasteiger partial charge is 0.254 e. The van der Waals surface area contributed by atoms with Gasteiger partial charge in [-0.15, -0.1) is 0 Å². The molecule has 2 aromatic rings. The summed E-state index contributed by atoms with van der Waals surface area (Å²) in [4.78, 5) is 11.9. The second-order valence-corrected chi connectivity index (χ2v) is 4.59. The molecule has 0 aliphatic carbocycles. The van der Waals surface area contributed by atoms with Crippen LogP contribution in [0.5, 0.6) is 0 Å². The van der Waals surface area contributed by atoms with E-state index in [0.29, 0.717) is 6.54 Å². The van der Waals surface area contributed by atoms with Crippen molar-refractivity contribution in [3.8, 4) is 0 Å². The first-order chi connectivity index (χ1) is 9.08. The monoisotopic (exact) mass is 257 g/mol. The summed E-state index contributed by atoms with van der Waals surface area (Å²) in [5, 5.41) is 2.74. The number of halogens is 1. The molecule has 0 unspecified atom stereocenters. The van der Waals surface area contributed by atoms with Gasteiger partial charge in [-0.25, -0.2) is 4.39 Å². The maximum atomic E-state index is 13.4. The SMILES string of the molecule is Cc1ccc(CNC(=O)c2ccccc2F)c(C)c1. The maximum Gasteiger partial charge on any atom is 0.254 e. The third-order valence-corrected chi connectivity index (χ3v) is 3.06. The molecule has 19 heavy (non-hydrogen) atoms. The average Bonchev–Trinajstić information content (AvgIpc) is 2.38. The molecule has 3 heteroatoms. The van der Waals surface area contributed by atoms with Crippen molar-refractivity contribution in [1.82, 2.24) is 5.32 Å². The minimum absolute atomic E-state index is 0.0762. The lowest BCUT2D eigenvalue weighted by Gasteiger charge is -2.09. The lowest BCUT2D eigenvalue weighted by molar-refractivity contribution is 0.0947. The van der Waals surface area contributed by atoms with Crippen LogP contribution in [0.2, 0.25) is 0 Å². The topological polar surface area (TPSA) is 29.1 Å². The Bertz CT molecular complexity index is 607. The summed E-state index contributed by atoms with van der Waals surface area (Å²) in [6.45, 7) is 4.42. The number of carbonyl (C=O) groups excluding carboxylic acids is 1. The normalized spacial score (nSPS) is 10.3. The maximum absolute atomic E-state index is 13.4. The lowest BCUT2D eigenvalue weighted by atomic mass is 10.1. The van der Waals surface area contributed by atoms with Crippen LogP contribution in [-0.4, -0.2) is 5.91 Å². The molecule has 0 aliphatic heterocycles. The molecule has 2 rings (SSSR count). The van der Waals surface area contributed by atoms with Crippen LogP contribution >= 0.6 is 0 Å². The summed E-state index contributed by atoms with van der Waals surface area (Å²) in [7, 11) is 0. The van der Waals surface area contributed by atoms with Gasteiger partial charge >= 0.3 is 0 Å². The van der Waals surface area contributed by atoms with Crippen LogP contribution in [0.1, 0.15) is 27.0 Å². The van der Waals surface area contributed by atoms with Gasteiger partial charge in [-0.2, -0.15) is 0 Å². The Morgan fingerprint density at radius 3 is 2.58 bits per heavy atom. The van der Waals surface area contributed by atoms with Gasteiger partial charge in [0.2, 0.25) is 0 Å². The molecule has 0 saturated heterocycles. The molecule has 0 fully saturated rings. The van der Waals surface area contributed by atoms with Gasteiger partial charge in [0.05, 0.1) is 5.56 Å². The van der Waals surface area contributed by atoms with E-state index in [2.05, 4.69) is 11.4 Å². The summed E-state index contributed by atoms with van der Waals surface area (Å²) in [5.41, 5.74) is 3.41. The van der Waals surface area contributed by atoms with E-state index in [1.807, 2.05) is 26.0 Å². The summed E-state index contributed by atoms with van der Waals surface area (Å²) >= 11 is 0. The Balaban J connectivity index is 2.07. The first-order valence-corrected chi connectivity index (χ1v) is 6.17. The highest BCUT2D eigenvalue weighted by Crippen LogP contribution is 2.11. The van der Waals surface area contributed by atoms with Crippen molar-refractivity contribution >= 4 is 5.91 Å². The Morgan fingerprint density at radius 2 is 1.89 bits per heavy atom. The lowest BCUT2D eigenvalue weighted by Crippen LogP contribution is -2.24. The Labute approximate surface area is 112 Å². The quantitative estimate of drug-likeness (QED) is 0.897. The highest BCUT2D eigenvalue weighted by atomic mass is 19.1. The van der Waals surface area contributed by atoms with Crippen LogP contribution in [0, 0.1) is 19.7 Å². The van der Waals surface area contributed by atoms with Gasteiger partial charge in [0.25, 0.3) is 5.91 Å². The molecular formula is C16H16FNO. The van der Waals surface area contributed by atoms with E-state index in [1.54, 1.807) is 12.1 Å². The molecule has 0 bridgehead atoms. The van der Waals surface area contributed by atoms with Gasteiger partial charge < -0.3 is 5.32 Å². The Kier molecular flexibility index (Phi) is 3.95. The first-order valence-electron chi connectivity index (χ1n) is 6.17. The number of nitrogens with one attached hydrogen (secondary N) is 1. The van der Waals surface area contributed by atoms with E-state index in [9.17, 15) is 9.18 Å². The summed E-state index contributed by atoms with van der Waals surface area (Å²) < 4.78 is 13.4. The first kappa shape index (κ1) is 13.3. The fraction of sp³-hybridized carbons (Fsp3) is 0.188. The molecule has 0 radical (unpaired) electrons. The molecule has 0 saturated carbocycles.